The molecule has 2 aliphatic rings. The number of carbonyl (C=O) groups is 2. The zero-order valence-corrected chi connectivity index (χ0v) is 14.6. The molecule has 6 nitrogen and oxygen atoms in total. The zero-order valence-electron chi connectivity index (χ0n) is 14.6. The first-order chi connectivity index (χ1) is 11.5. The Bertz CT molecular complexity index is 623. The molecule has 0 unspecified atom stereocenters. The Kier molecular flexibility index (Phi) is 5.11. The van der Waals surface area contributed by atoms with Gasteiger partial charge in [-0.3, -0.25) is 9.59 Å². The minimum Gasteiger partial charge on any atom is -0.343 e. The summed E-state index contributed by atoms with van der Waals surface area (Å²) in [7, 11) is 0. The van der Waals surface area contributed by atoms with Crippen LogP contribution in [0.2, 0.25) is 0 Å². The first-order valence-electron chi connectivity index (χ1n) is 8.92. The highest BCUT2D eigenvalue weighted by Crippen LogP contribution is 2.24. The van der Waals surface area contributed by atoms with Crippen LogP contribution in [0, 0.1) is 12.8 Å². The van der Waals surface area contributed by atoms with E-state index in [1.54, 1.807) is 13.1 Å². The standard InChI is InChI=1S/C18H26N4O2/c1-13-16(14(2)23)12-19-18(20-13)22-10-6-15(7-11-22)5-9-21-8-3-4-17(21)24/h12,15H,3-11H2,1-2H3. The van der Waals surface area contributed by atoms with Gasteiger partial charge in [0.25, 0.3) is 0 Å². The number of hydrogen-bond acceptors (Lipinski definition) is 5. The Labute approximate surface area is 143 Å². The van der Waals surface area contributed by atoms with Crippen LogP contribution in [0.1, 0.15) is 55.1 Å². The van der Waals surface area contributed by atoms with Crippen molar-refractivity contribution in [2.24, 2.45) is 5.92 Å². The van der Waals surface area contributed by atoms with Crippen molar-refractivity contribution in [3.05, 3.63) is 17.5 Å². The fraction of sp³-hybridized carbons (Fsp3) is 0.667. The second-order valence-corrected chi connectivity index (χ2v) is 6.93. The SMILES string of the molecule is CC(=O)c1cnc(N2CCC(CCN3CCCC3=O)CC2)nc1C. The summed E-state index contributed by atoms with van der Waals surface area (Å²) in [6.45, 7) is 7.14. The molecule has 6 heteroatoms. The number of hydrogen-bond donors (Lipinski definition) is 0. The van der Waals surface area contributed by atoms with Gasteiger partial charge in [0.2, 0.25) is 11.9 Å². The molecular formula is C18H26N4O2. The van der Waals surface area contributed by atoms with E-state index in [0.29, 0.717) is 17.4 Å². The molecule has 3 rings (SSSR count). The monoisotopic (exact) mass is 330 g/mol. The molecule has 0 aliphatic carbocycles. The fourth-order valence-corrected chi connectivity index (χ4v) is 3.65. The smallest absolute Gasteiger partial charge is 0.225 e. The molecule has 2 fully saturated rings. The van der Waals surface area contributed by atoms with E-state index in [2.05, 4.69) is 14.9 Å². The Balaban J connectivity index is 1.50. The van der Waals surface area contributed by atoms with Gasteiger partial charge in [0.15, 0.2) is 5.78 Å². The van der Waals surface area contributed by atoms with Crippen molar-refractivity contribution >= 4 is 17.6 Å². The van der Waals surface area contributed by atoms with Crippen molar-refractivity contribution in [3.63, 3.8) is 0 Å². The van der Waals surface area contributed by atoms with Crippen molar-refractivity contribution in [2.75, 3.05) is 31.1 Å². The van der Waals surface area contributed by atoms with Gasteiger partial charge >= 0.3 is 0 Å². The van der Waals surface area contributed by atoms with Crippen LogP contribution in [-0.2, 0) is 4.79 Å². The van der Waals surface area contributed by atoms with Crippen molar-refractivity contribution in [1.82, 2.24) is 14.9 Å². The van der Waals surface area contributed by atoms with Crippen molar-refractivity contribution < 1.29 is 9.59 Å². The summed E-state index contributed by atoms with van der Waals surface area (Å²) in [6.07, 6.45) is 6.71. The Morgan fingerprint density at radius 2 is 2.04 bits per heavy atom. The molecule has 0 saturated carbocycles. The highest BCUT2D eigenvalue weighted by Gasteiger charge is 2.24. The van der Waals surface area contributed by atoms with E-state index < -0.39 is 0 Å². The molecule has 24 heavy (non-hydrogen) atoms. The highest BCUT2D eigenvalue weighted by molar-refractivity contribution is 5.94. The van der Waals surface area contributed by atoms with Gasteiger partial charge in [-0.25, -0.2) is 9.97 Å². The van der Waals surface area contributed by atoms with Gasteiger partial charge in [-0.1, -0.05) is 0 Å². The van der Waals surface area contributed by atoms with Crippen molar-refractivity contribution in [1.29, 1.82) is 0 Å². The molecule has 0 atom stereocenters. The van der Waals surface area contributed by atoms with Crippen LogP contribution in [0.4, 0.5) is 5.95 Å². The summed E-state index contributed by atoms with van der Waals surface area (Å²) in [5.74, 6) is 1.73. The van der Waals surface area contributed by atoms with Crippen LogP contribution >= 0.6 is 0 Å². The van der Waals surface area contributed by atoms with E-state index in [4.69, 9.17) is 0 Å². The number of anilines is 1. The van der Waals surface area contributed by atoms with Crippen LogP contribution < -0.4 is 4.90 Å². The van der Waals surface area contributed by atoms with E-state index in [1.807, 2.05) is 11.8 Å². The molecular weight excluding hydrogens is 304 g/mol. The lowest BCUT2D eigenvalue weighted by molar-refractivity contribution is -0.127. The molecule has 1 aromatic heterocycles. The number of aromatic nitrogens is 2. The van der Waals surface area contributed by atoms with Gasteiger partial charge in [-0.15, -0.1) is 0 Å². The third-order valence-electron chi connectivity index (χ3n) is 5.22. The number of Topliss-reactive ketones (excluding diaryl/α,β-unsaturated/α-hetero) is 1. The van der Waals surface area contributed by atoms with Crippen molar-refractivity contribution in [3.8, 4) is 0 Å². The number of ketones is 1. The first-order valence-corrected chi connectivity index (χ1v) is 8.92. The largest absolute Gasteiger partial charge is 0.343 e. The molecule has 0 spiro atoms. The fourth-order valence-electron chi connectivity index (χ4n) is 3.65. The summed E-state index contributed by atoms with van der Waals surface area (Å²) >= 11 is 0. The average molecular weight is 330 g/mol. The highest BCUT2D eigenvalue weighted by atomic mass is 16.2. The Morgan fingerprint density at radius 3 is 2.62 bits per heavy atom. The molecule has 130 valence electrons. The quantitative estimate of drug-likeness (QED) is 0.775. The predicted molar refractivity (Wildman–Crippen MR) is 92.1 cm³/mol. The van der Waals surface area contributed by atoms with Crippen LogP contribution in [0.5, 0.6) is 0 Å². The number of likely N-dealkylation sites (tertiary alicyclic amines) is 1. The van der Waals surface area contributed by atoms with Gasteiger partial charge < -0.3 is 9.80 Å². The number of aryl methyl sites for hydroxylation is 1. The first kappa shape index (κ1) is 16.9. The topological polar surface area (TPSA) is 66.4 Å². The van der Waals surface area contributed by atoms with Gasteiger partial charge in [0.05, 0.1) is 11.3 Å². The molecule has 2 aliphatic heterocycles. The second-order valence-electron chi connectivity index (χ2n) is 6.93. The molecule has 3 heterocycles. The van der Waals surface area contributed by atoms with E-state index in [0.717, 1.165) is 69.9 Å². The molecule has 2 saturated heterocycles. The van der Waals surface area contributed by atoms with E-state index in [-0.39, 0.29) is 5.78 Å². The number of rotatable bonds is 5. The third-order valence-corrected chi connectivity index (χ3v) is 5.22. The molecule has 0 aromatic carbocycles. The number of piperidine rings is 1. The lowest BCUT2D eigenvalue weighted by Gasteiger charge is -2.33. The van der Waals surface area contributed by atoms with Crippen LogP contribution in [0.3, 0.4) is 0 Å². The van der Waals surface area contributed by atoms with Crippen molar-refractivity contribution in [2.45, 2.75) is 46.0 Å². The number of carbonyl (C=O) groups excluding carboxylic acids is 2. The lowest BCUT2D eigenvalue weighted by Crippen LogP contribution is -2.36. The summed E-state index contributed by atoms with van der Waals surface area (Å²) < 4.78 is 0. The predicted octanol–water partition coefficient (Wildman–Crippen LogP) is 2.22. The van der Waals surface area contributed by atoms with Crippen LogP contribution in [0.15, 0.2) is 6.20 Å². The second kappa shape index (κ2) is 7.28. The number of nitrogens with zero attached hydrogens (tertiary/aromatic N) is 4. The maximum atomic E-state index is 11.7. The van der Waals surface area contributed by atoms with Gasteiger partial charge in [0, 0.05) is 38.8 Å². The molecule has 1 amide bonds. The van der Waals surface area contributed by atoms with Gasteiger partial charge in [0.1, 0.15) is 0 Å². The van der Waals surface area contributed by atoms with E-state index >= 15 is 0 Å². The number of amides is 1. The zero-order chi connectivity index (χ0) is 17.1. The van der Waals surface area contributed by atoms with Gasteiger partial charge in [-0.2, -0.15) is 0 Å². The normalized spacial score (nSPS) is 19.2. The lowest BCUT2D eigenvalue weighted by atomic mass is 9.93. The summed E-state index contributed by atoms with van der Waals surface area (Å²) in [6, 6.07) is 0. The summed E-state index contributed by atoms with van der Waals surface area (Å²) in [5.41, 5.74) is 1.35. The van der Waals surface area contributed by atoms with Crippen LogP contribution in [-0.4, -0.2) is 52.7 Å². The summed E-state index contributed by atoms with van der Waals surface area (Å²) in [4.78, 5) is 36.2. The maximum absolute atomic E-state index is 11.7. The minimum atomic E-state index is 0.00854. The average Bonchev–Trinajstić information content (AvgIpc) is 2.98. The Hall–Kier alpha value is -1.98. The maximum Gasteiger partial charge on any atom is 0.225 e. The summed E-state index contributed by atoms with van der Waals surface area (Å²) in [5, 5.41) is 0. The van der Waals surface area contributed by atoms with E-state index in [1.165, 1.54) is 0 Å². The molecule has 0 N–H and O–H groups in total. The molecule has 0 bridgehead atoms. The van der Waals surface area contributed by atoms with Crippen LogP contribution in [0.25, 0.3) is 0 Å². The molecule has 1 aromatic rings. The van der Waals surface area contributed by atoms with Gasteiger partial charge in [-0.05, 0) is 45.4 Å². The third kappa shape index (κ3) is 3.74. The molecule has 0 radical (unpaired) electrons. The Morgan fingerprint density at radius 1 is 1.29 bits per heavy atom. The van der Waals surface area contributed by atoms with E-state index in [9.17, 15) is 9.59 Å². The minimum absolute atomic E-state index is 0.00854.